The van der Waals surface area contributed by atoms with Gasteiger partial charge >= 0.3 is 0 Å². The van der Waals surface area contributed by atoms with Gasteiger partial charge in [0.15, 0.2) is 9.84 Å². The van der Waals surface area contributed by atoms with E-state index in [0.717, 1.165) is 12.0 Å². The summed E-state index contributed by atoms with van der Waals surface area (Å²) in [4.78, 5) is 14.9. The van der Waals surface area contributed by atoms with Gasteiger partial charge in [-0.3, -0.25) is 9.36 Å². The molecule has 2 bridgehead atoms. The fourth-order valence-electron chi connectivity index (χ4n) is 3.84. The predicted molar refractivity (Wildman–Crippen MR) is 92.3 cm³/mol. The zero-order valence-corrected chi connectivity index (χ0v) is 14.8. The van der Waals surface area contributed by atoms with Crippen LogP contribution in [0.15, 0.2) is 30.9 Å². The minimum atomic E-state index is -3.09. The van der Waals surface area contributed by atoms with Crippen molar-refractivity contribution in [3.63, 3.8) is 0 Å². The molecule has 2 aliphatic heterocycles. The Balaban J connectivity index is 1.69. The summed E-state index contributed by atoms with van der Waals surface area (Å²) in [6.07, 6.45) is 5.01. The third kappa shape index (κ3) is 2.74. The van der Waals surface area contributed by atoms with Gasteiger partial charge in [0.1, 0.15) is 12.7 Å². The molecule has 8 heteroatoms. The second-order valence-corrected chi connectivity index (χ2v) is 9.35. The number of carbonyl (C=O) groups is 1. The molecule has 2 aromatic rings. The second kappa shape index (κ2) is 5.94. The van der Waals surface area contributed by atoms with Crippen molar-refractivity contribution in [3.05, 3.63) is 42.0 Å². The summed E-state index contributed by atoms with van der Waals surface area (Å²) in [5.41, 5.74) is 2.23. The zero-order chi connectivity index (χ0) is 17.6. The highest BCUT2D eigenvalue weighted by Gasteiger charge is 2.44. The van der Waals surface area contributed by atoms with Crippen LogP contribution in [0.5, 0.6) is 0 Å². The van der Waals surface area contributed by atoms with E-state index in [1.807, 2.05) is 25.1 Å². The molecule has 7 nitrogen and oxygen atoms in total. The molecule has 25 heavy (non-hydrogen) atoms. The average Bonchev–Trinajstić information content (AvgIpc) is 3.14. The molecule has 2 saturated heterocycles. The first-order chi connectivity index (χ1) is 12.0. The molecule has 0 spiro atoms. The zero-order valence-electron chi connectivity index (χ0n) is 14.0. The Morgan fingerprint density at radius 3 is 2.60 bits per heavy atom. The Morgan fingerprint density at radius 1 is 1.12 bits per heavy atom. The second-order valence-electron chi connectivity index (χ2n) is 6.84. The molecular formula is C17H20N4O3S. The Labute approximate surface area is 146 Å². The molecule has 2 fully saturated rings. The number of sulfone groups is 1. The molecule has 2 atom stereocenters. The molecule has 1 amide bonds. The predicted octanol–water partition coefficient (Wildman–Crippen LogP) is 1.37. The van der Waals surface area contributed by atoms with Gasteiger partial charge in [0, 0.05) is 13.1 Å². The summed E-state index contributed by atoms with van der Waals surface area (Å²) in [5.74, 6) is -0.129. The highest BCUT2D eigenvalue weighted by Crippen LogP contribution is 2.33. The lowest BCUT2D eigenvalue weighted by Gasteiger charge is -2.25. The first-order valence-electron chi connectivity index (χ1n) is 8.44. The quantitative estimate of drug-likeness (QED) is 0.807. The highest BCUT2D eigenvalue weighted by atomic mass is 32.2. The Morgan fingerprint density at radius 2 is 1.84 bits per heavy atom. The van der Waals surface area contributed by atoms with Gasteiger partial charge in [-0.15, -0.1) is 10.2 Å². The van der Waals surface area contributed by atoms with E-state index in [9.17, 15) is 13.2 Å². The van der Waals surface area contributed by atoms with Crippen molar-refractivity contribution in [1.29, 1.82) is 0 Å². The first kappa shape index (κ1) is 16.3. The third-order valence-corrected chi connectivity index (χ3v) is 7.97. The number of likely N-dealkylation sites (tertiary alicyclic amines) is 1. The van der Waals surface area contributed by atoms with Crippen molar-refractivity contribution in [1.82, 2.24) is 19.7 Å². The summed E-state index contributed by atoms with van der Waals surface area (Å²) >= 11 is 0. The van der Waals surface area contributed by atoms with E-state index >= 15 is 0 Å². The van der Waals surface area contributed by atoms with Crippen molar-refractivity contribution in [2.45, 2.75) is 36.7 Å². The summed E-state index contributed by atoms with van der Waals surface area (Å²) in [6, 6.07) is 5.64. The number of fused-ring (bicyclic) bond motifs is 2. The number of hydrogen-bond acceptors (Lipinski definition) is 5. The molecule has 3 heterocycles. The molecule has 0 radical (unpaired) electrons. The molecule has 4 rings (SSSR count). The smallest absolute Gasteiger partial charge is 0.256 e. The SMILES string of the molecule is Cc1ccc(-n2cnnc2)c(C(=O)N2CCC3CCC(C2)S3(=O)=O)c1. The Hall–Kier alpha value is -2.22. The molecule has 1 aromatic carbocycles. The number of hydrogen-bond donors (Lipinski definition) is 0. The lowest BCUT2D eigenvalue weighted by atomic mass is 10.0. The standard InChI is InChI=1S/C17H20N4O3S/c1-12-2-5-16(21-10-18-19-11-21)15(8-12)17(22)20-7-6-13-3-4-14(9-20)25(13,23)24/h2,5,8,10-11,13-14H,3-4,6-7,9H2,1H3. The maximum absolute atomic E-state index is 13.2. The van der Waals surface area contributed by atoms with Gasteiger partial charge in [-0.2, -0.15) is 0 Å². The number of carbonyl (C=O) groups excluding carboxylic acids is 1. The number of nitrogens with zero attached hydrogens (tertiary/aromatic N) is 4. The van der Waals surface area contributed by atoms with Crippen molar-refractivity contribution in [2.24, 2.45) is 0 Å². The molecule has 1 aromatic heterocycles. The first-order valence-corrected chi connectivity index (χ1v) is 10.1. The van der Waals surface area contributed by atoms with Gasteiger partial charge in [0.2, 0.25) is 0 Å². The van der Waals surface area contributed by atoms with Crippen LogP contribution in [-0.4, -0.2) is 57.6 Å². The van der Waals surface area contributed by atoms with Crippen molar-refractivity contribution in [2.75, 3.05) is 13.1 Å². The number of amides is 1. The largest absolute Gasteiger partial charge is 0.337 e. The third-order valence-electron chi connectivity index (χ3n) is 5.25. The summed E-state index contributed by atoms with van der Waals surface area (Å²) in [6.45, 7) is 2.70. The normalized spacial score (nSPS) is 24.9. The van der Waals surface area contributed by atoms with Crippen LogP contribution < -0.4 is 0 Å². The van der Waals surface area contributed by atoms with E-state index < -0.39 is 15.1 Å². The Bertz CT molecular complexity index is 908. The number of rotatable bonds is 2. The van der Waals surface area contributed by atoms with Crippen LogP contribution in [-0.2, 0) is 9.84 Å². The van der Waals surface area contributed by atoms with Gasteiger partial charge in [-0.25, -0.2) is 8.42 Å². The van der Waals surface area contributed by atoms with Crippen molar-refractivity contribution < 1.29 is 13.2 Å². The maximum atomic E-state index is 13.2. The van der Waals surface area contributed by atoms with Crippen LogP contribution in [0.4, 0.5) is 0 Å². The van der Waals surface area contributed by atoms with Crippen LogP contribution in [0, 0.1) is 6.92 Å². The molecule has 2 unspecified atom stereocenters. The minimum Gasteiger partial charge on any atom is -0.337 e. The van der Waals surface area contributed by atoms with Crippen LogP contribution >= 0.6 is 0 Å². The van der Waals surface area contributed by atoms with Crippen molar-refractivity contribution >= 4 is 15.7 Å². The topological polar surface area (TPSA) is 85.2 Å². The molecular weight excluding hydrogens is 340 g/mol. The van der Waals surface area contributed by atoms with Crippen LogP contribution in [0.1, 0.15) is 35.2 Å². The molecule has 0 aliphatic carbocycles. The fraction of sp³-hybridized carbons (Fsp3) is 0.471. The Kier molecular flexibility index (Phi) is 3.87. The number of aryl methyl sites for hydroxylation is 1. The van der Waals surface area contributed by atoms with Gasteiger partial charge in [0.25, 0.3) is 5.91 Å². The lowest BCUT2D eigenvalue weighted by Crippen LogP contribution is -2.38. The summed E-state index contributed by atoms with van der Waals surface area (Å²) in [5, 5.41) is 6.90. The summed E-state index contributed by atoms with van der Waals surface area (Å²) < 4.78 is 26.6. The van der Waals surface area contributed by atoms with Gasteiger partial charge in [-0.05, 0) is 38.3 Å². The van der Waals surface area contributed by atoms with Crippen LogP contribution in [0.2, 0.25) is 0 Å². The maximum Gasteiger partial charge on any atom is 0.256 e. The summed E-state index contributed by atoms with van der Waals surface area (Å²) in [7, 11) is -3.09. The van der Waals surface area contributed by atoms with Gasteiger partial charge in [0.05, 0.1) is 21.8 Å². The molecule has 0 N–H and O–H groups in total. The highest BCUT2D eigenvalue weighted by molar-refractivity contribution is 7.93. The van der Waals surface area contributed by atoms with E-state index in [1.165, 1.54) is 0 Å². The van der Waals surface area contributed by atoms with E-state index in [2.05, 4.69) is 10.2 Å². The van der Waals surface area contributed by atoms with E-state index in [0.29, 0.717) is 30.6 Å². The van der Waals surface area contributed by atoms with Gasteiger partial charge < -0.3 is 4.90 Å². The van der Waals surface area contributed by atoms with Gasteiger partial charge in [-0.1, -0.05) is 11.6 Å². The molecule has 0 saturated carbocycles. The molecule has 132 valence electrons. The van der Waals surface area contributed by atoms with E-state index in [-0.39, 0.29) is 17.7 Å². The fourth-order valence-corrected chi connectivity index (χ4v) is 6.13. The number of benzene rings is 1. The molecule has 2 aliphatic rings. The monoisotopic (exact) mass is 360 g/mol. The van der Waals surface area contributed by atoms with Crippen molar-refractivity contribution in [3.8, 4) is 5.69 Å². The van der Waals surface area contributed by atoms with Crippen LogP contribution in [0.3, 0.4) is 0 Å². The number of aromatic nitrogens is 3. The van der Waals surface area contributed by atoms with E-state index in [1.54, 1.807) is 22.1 Å². The minimum absolute atomic E-state index is 0.129. The van der Waals surface area contributed by atoms with Crippen LogP contribution in [0.25, 0.3) is 5.69 Å². The lowest BCUT2D eigenvalue weighted by molar-refractivity contribution is 0.0751. The van der Waals surface area contributed by atoms with E-state index in [4.69, 9.17) is 0 Å². The average molecular weight is 360 g/mol.